The van der Waals surface area contributed by atoms with Crippen LogP contribution in [0.5, 0.6) is 0 Å². The van der Waals surface area contributed by atoms with Crippen molar-refractivity contribution in [1.29, 1.82) is 0 Å². The molecule has 1 N–H and O–H groups in total. The van der Waals surface area contributed by atoms with Crippen LogP contribution in [0.4, 0.5) is 11.4 Å². The van der Waals surface area contributed by atoms with E-state index in [1.807, 2.05) is 48.7 Å². The van der Waals surface area contributed by atoms with Crippen LogP contribution in [0, 0.1) is 0 Å². The molecule has 0 fully saturated rings. The average molecular weight is 364 g/mol. The van der Waals surface area contributed by atoms with Crippen molar-refractivity contribution >= 4 is 34.1 Å². The molecule has 0 unspecified atom stereocenters. The summed E-state index contributed by atoms with van der Waals surface area (Å²) < 4.78 is 6.57. The van der Waals surface area contributed by atoms with Crippen molar-refractivity contribution in [3.8, 4) is 0 Å². The molecule has 7 nitrogen and oxygen atoms in total. The highest BCUT2D eigenvalue weighted by molar-refractivity contribution is 5.97. The Bertz CT molecular complexity index is 978. The van der Waals surface area contributed by atoms with E-state index in [1.165, 1.54) is 7.11 Å². The fourth-order valence-electron chi connectivity index (χ4n) is 3.38. The van der Waals surface area contributed by atoms with E-state index in [2.05, 4.69) is 10.4 Å². The molecule has 0 saturated heterocycles. The van der Waals surface area contributed by atoms with Gasteiger partial charge in [0, 0.05) is 36.6 Å². The lowest BCUT2D eigenvalue weighted by Gasteiger charge is -2.17. The molecule has 7 heteroatoms. The maximum atomic E-state index is 12.4. The molecule has 27 heavy (non-hydrogen) atoms. The highest BCUT2D eigenvalue weighted by Crippen LogP contribution is 2.30. The first-order valence-corrected chi connectivity index (χ1v) is 8.78. The molecular formula is C20H20N4O3. The second-order valence-electron chi connectivity index (χ2n) is 6.51. The van der Waals surface area contributed by atoms with Crippen molar-refractivity contribution in [2.24, 2.45) is 0 Å². The monoisotopic (exact) mass is 364 g/mol. The summed E-state index contributed by atoms with van der Waals surface area (Å²) in [6.45, 7) is 0.842. The van der Waals surface area contributed by atoms with Gasteiger partial charge in [-0.05, 0) is 36.2 Å². The van der Waals surface area contributed by atoms with Crippen molar-refractivity contribution < 1.29 is 14.3 Å². The van der Waals surface area contributed by atoms with E-state index < -0.39 is 0 Å². The first-order valence-electron chi connectivity index (χ1n) is 8.78. The van der Waals surface area contributed by atoms with E-state index >= 15 is 0 Å². The molecule has 1 aromatic heterocycles. The number of hydrogen-bond donors (Lipinski definition) is 1. The van der Waals surface area contributed by atoms with Crippen LogP contribution in [-0.4, -0.2) is 41.9 Å². The predicted molar refractivity (Wildman–Crippen MR) is 103 cm³/mol. The van der Waals surface area contributed by atoms with Gasteiger partial charge in [-0.2, -0.15) is 5.10 Å². The van der Waals surface area contributed by atoms with Crippen LogP contribution in [0.25, 0.3) is 10.9 Å². The van der Waals surface area contributed by atoms with Crippen LogP contribution < -0.4 is 10.2 Å². The van der Waals surface area contributed by atoms with Gasteiger partial charge in [-0.3, -0.25) is 14.3 Å². The van der Waals surface area contributed by atoms with E-state index in [0.717, 1.165) is 34.3 Å². The minimum atomic E-state index is -0.145. The number of benzene rings is 2. The fraction of sp³-hybridized carbons (Fsp3) is 0.250. The standard InChI is InChI=1S/C20H20N4O3/c1-27-13-20(26)24-9-8-14-10-16(6-7-18(14)24)21-19(25)12-23-11-15-4-2-3-5-17(15)22-23/h2-7,10-11H,8-9,12-13H2,1H3,(H,21,25). The van der Waals surface area contributed by atoms with Crippen LogP contribution in [0.3, 0.4) is 0 Å². The number of hydrogen-bond acceptors (Lipinski definition) is 4. The molecule has 138 valence electrons. The number of nitrogens with one attached hydrogen (secondary N) is 1. The lowest BCUT2D eigenvalue weighted by molar-refractivity contribution is -0.122. The maximum Gasteiger partial charge on any atom is 0.252 e. The Kier molecular flexibility index (Phi) is 4.60. The van der Waals surface area contributed by atoms with Crippen LogP contribution in [0.1, 0.15) is 5.56 Å². The molecule has 3 aromatic rings. The van der Waals surface area contributed by atoms with Crippen molar-refractivity contribution in [3.05, 3.63) is 54.2 Å². The number of carbonyl (C=O) groups excluding carboxylic acids is 2. The van der Waals surface area contributed by atoms with Gasteiger partial charge >= 0.3 is 0 Å². The van der Waals surface area contributed by atoms with Crippen LogP contribution >= 0.6 is 0 Å². The van der Waals surface area contributed by atoms with Gasteiger partial charge in [0.25, 0.3) is 5.91 Å². The molecule has 0 atom stereocenters. The third-order valence-corrected chi connectivity index (χ3v) is 4.59. The molecule has 1 aliphatic heterocycles. The zero-order chi connectivity index (χ0) is 18.8. The largest absolute Gasteiger partial charge is 0.375 e. The summed E-state index contributed by atoms with van der Waals surface area (Å²) in [7, 11) is 1.51. The Balaban J connectivity index is 1.44. The summed E-state index contributed by atoms with van der Waals surface area (Å²) in [5.74, 6) is -0.202. The third kappa shape index (κ3) is 3.54. The smallest absolute Gasteiger partial charge is 0.252 e. The second-order valence-corrected chi connectivity index (χ2v) is 6.51. The molecule has 0 bridgehead atoms. The number of anilines is 2. The highest BCUT2D eigenvalue weighted by Gasteiger charge is 2.24. The quantitative estimate of drug-likeness (QED) is 0.753. The molecule has 2 aromatic carbocycles. The summed E-state index contributed by atoms with van der Waals surface area (Å²) >= 11 is 0. The second kappa shape index (κ2) is 7.20. The van der Waals surface area contributed by atoms with Gasteiger partial charge in [0.05, 0.1) is 5.52 Å². The molecule has 2 heterocycles. The third-order valence-electron chi connectivity index (χ3n) is 4.59. The number of rotatable bonds is 5. The first kappa shape index (κ1) is 17.2. The SMILES string of the molecule is COCC(=O)N1CCc2cc(NC(=O)Cn3cc4ccccc4n3)ccc21. The lowest BCUT2D eigenvalue weighted by atomic mass is 10.1. The Labute approximate surface area is 156 Å². The van der Waals surface area contributed by atoms with Gasteiger partial charge in [-0.25, -0.2) is 0 Å². The van der Waals surface area contributed by atoms with E-state index in [1.54, 1.807) is 9.58 Å². The predicted octanol–water partition coefficient (Wildman–Crippen LogP) is 2.21. The Hall–Kier alpha value is -3.19. The lowest BCUT2D eigenvalue weighted by Crippen LogP contribution is -2.31. The van der Waals surface area contributed by atoms with Crippen molar-refractivity contribution in [3.63, 3.8) is 0 Å². The molecule has 0 saturated carbocycles. The number of ether oxygens (including phenoxy) is 1. The summed E-state index contributed by atoms with van der Waals surface area (Å²) in [6, 6.07) is 13.4. The van der Waals surface area contributed by atoms with E-state index in [-0.39, 0.29) is 25.0 Å². The van der Waals surface area contributed by atoms with Gasteiger partial charge < -0.3 is 15.0 Å². The summed E-state index contributed by atoms with van der Waals surface area (Å²) in [5, 5.41) is 8.31. The minimum Gasteiger partial charge on any atom is -0.375 e. The first-order chi connectivity index (χ1) is 13.1. The van der Waals surface area contributed by atoms with Crippen LogP contribution in [0.2, 0.25) is 0 Å². The molecule has 0 spiro atoms. The van der Waals surface area contributed by atoms with Crippen molar-refractivity contribution in [2.75, 3.05) is 30.5 Å². The number of methoxy groups -OCH3 is 1. The number of fused-ring (bicyclic) bond motifs is 2. The highest BCUT2D eigenvalue weighted by atomic mass is 16.5. The van der Waals surface area contributed by atoms with E-state index in [0.29, 0.717) is 6.54 Å². The molecule has 4 rings (SSSR count). The zero-order valence-corrected chi connectivity index (χ0v) is 15.0. The maximum absolute atomic E-state index is 12.4. The zero-order valence-electron chi connectivity index (χ0n) is 15.0. The average Bonchev–Trinajstić information content (AvgIpc) is 3.24. The number of nitrogens with zero attached hydrogens (tertiary/aromatic N) is 3. The number of carbonyl (C=O) groups is 2. The van der Waals surface area contributed by atoms with Gasteiger partial charge in [0.2, 0.25) is 5.91 Å². The normalized spacial score (nSPS) is 13.0. The van der Waals surface area contributed by atoms with Gasteiger partial charge in [-0.1, -0.05) is 18.2 Å². The summed E-state index contributed by atoms with van der Waals surface area (Å²) in [6.07, 6.45) is 2.62. The molecule has 1 aliphatic rings. The van der Waals surface area contributed by atoms with Gasteiger partial charge in [0.15, 0.2) is 0 Å². The Morgan fingerprint density at radius 2 is 2.07 bits per heavy atom. The van der Waals surface area contributed by atoms with E-state index in [4.69, 9.17) is 4.74 Å². The van der Waals surface area contributed by atoms with Gasteiger partial charge in [0.1, 0.15) is 13.2 Å². The summed E-state index contributed by atoms with van der Waals surface area (Å²) in [4.78, 5) is 26.2. The van der Waals surface area contributed by atoms with Crippen molar-refractivity contribution in [1.82, 2.24) is 9.78 Å². The number of amides is 2. The molecule has 2 amide bonds. The Morgan fingerprint density at radius 3 is 2.89 bits per heavy atom. The molecular weight excluding hydrogens is 344 g/mol. The van der Waals surface area contributed by atoms with E-state index in [9.17, 15) is 9.59 Å². The molecule has 0 aliphatic carbocycles. The summed E-state index contributed by atoms with van der Waals surface area (Å²) in [5.41, 5.74) is 3.51. The molecule has 0 radical (unpaired) electrons. The van der Waals surface area contributed by atoms with Crippen LogP contribution in [-0.2, 0) is 27.3 Å². The van der Waals surface area contributed by atoms with Crippen LogP contribution in [0.15, 0.2) is 48.7 Å². The Morgan fingerprint density at radius 1 is 1.22 bits per heavy atom. The topological polar surface area (TPSA) is 76.5 Å². The van der Waals surface area contributed by atoms with Crippen molar-refractivity contribution in [2.45, 2.75) is 13.0 Å². The number of aromatic nitrogens is 2. The minimum absolute atomic E-state index is 0.0567. The fourth-order valence-corrected chi connectivity index (χ4v) is 3.38. The van der Waals surface area contributed by atoms with Gasteiger partial charge in [-0.15, -0.1) is 0 Å².